The van der Waals surface area contributed by atoms with Crippen molar-refractivity contribution >= 4 is 5.91 Å². The monoisotopic (exact) mass is 326 g/mol. The van der Waals surface area contributed by atoms with Gasteiger partial charge in [0.05, 0.1) is 18.8 Å². The van der Waals surface area contributed by atoms with E-state index in [4.69, 9.17) is 9.47 Å². The second kappa shape index (κ2) is 7.45. The summed E-state index contributed by atoms with van der Waals surface area (Å²) in [7, 11) is 1.59. The van der Waals surface area contributed by atoms with Gasteiger partial charge in [-0.1, -0.05) is 12.1 Å². The lowest BCUT2D eigenvalue weighted by Crippen LogP contribution is -2.34. The third-order valence-electron chi connectivity index (χ3n) is 4.04. The van der Waals surface area contributed by atoms with Crippen LogP contribution in [-0.4, -0.2) is 37.3 Å². The van der Waals surface area contributed by atoms with E-state index in [2.05, 4.69) is 29.4 Å². The number of aromatic nitrogens is 1. The summed E-state index contributed by atoms with van der Waals surface area (Å²) in [6.45, 7) is 3.01. The third kappa shape index (κ3) is 3.74. The maximum Gasteiger partial charge on any atom is 0.222 e. The predicted octanol–water partition coefficient (Wildman–Crippen LogP) is 2.51. The lowest BCUT2D eigenvalue weighted by Gasteiger charge is -2.13. The van der Waals surface area contributed by atoms with Crippen molar-refractivity contribution in [3.05, 3.63) is 47.7 Å². The van der Waals surface area contributed by atoms with Gasteiger partial charge in [-0.2, -0.15) is 0 Å². The van der Waals surface area contributed by atoms with Crippen LogP contribution in [0, 0.1) is 6.92 Å². The average Bonchev–Trinajstić information content (AvgIpc) is 3.00. The number of fused-ring (bicyclic) bond motifs is 1. The molecule has 3 rings (SSSR count). The van der Waals surface area contributed by atoms with Gasteiger partial charge in [0, 0.05) is 31.7 Å². The molecule has 24 heavy (non-hydrogen) atoms. The lowest BCUT2D eigenvalue weighted by molar-refractivity contribution is -0.122. The van der Waals surface area contributed by atoms with Crippen LogP contribution in [0.1, 0.15) is 17.5 Å². The first-order chi connectivity index (χ1) is 11.7. The molecule has 0 saturated heterocycles. The molecular formula is C19H22N2O3. The molecule has 1 aromatic heterocycles. The van der Waals surface area contributed by atoms with Crippen LogP contribution in [0.2, 0.25) is 0 Å². The van der Waals surface area contributed by atoms with Crippen LogP contribution < -0.4 is 10.1 Å². The van der Waals surface area contributed by atoms with Gasteiger partial charge in [-0.25, -0.2) is 0 Å². The zero-order valence-electron chi connectivity index (χ0n) is 14.0. The first kappa shape index (κ1) is 16.5. The van der Waals surface area contributed by atoms with Gasteiger partial charge in [0.1, 0.15) is 11.9 Å². The Hall–Kier alpha value is -2.40. The fraction of sp³-hybridized carbons (Fsp3) is 0.368. The summed E-state index contributed by atoms with van der Waals surface area (Å²) < 4.78 is 11.0. The number of ether oxygens (including phenoxy) is 2. The van der Waals surface area contributed by atoms with Crippen LogP contribution in [0.25, 0.3) is 11.3 Å². The van der Waals surface area contributed by atoms with Crippen molar-refractivity contribution in [2.45, 2.75) is 25.9 Å². The molecular weight excluding hydrogens is 304 g/mol. The predicted molar refractivity (Wildman–Crippen MR) is 92.0 cm³/mol. The number of pyridine rings is 1. The Bertz CT molecular complexity index is 716. The van der Waals surface area contributed by atoms with Crippen molar-refractivity contribution < 1.29 is 14.3 Å². The topological polar surface area (TPSA) is 60.5 Å². The molecule has 1 aromatic carbocycles. The van der Waals surface area contributed by atoms with E-state index in [1.807, 2.05) is 18.2 Å². The second-order valence-corrected chi connectivity index (χ2v) is 6.01. The van der Waals surface area contributed by atoms with Crippen molar-refractivity contribution in [2.75, 3.05) is 20.3 Å². The zero-order valence-corrected chi connectivity index (χ0v) is 14.0. The summed E-state index contributed by atoms with van der Waals surface area (Å²) in [4.78, 5) is 16.2. The van der Waals surface area contributed by atoms with Gasteiger partial charge in [0.2, 0.25) is 5.91 Å². The molecule has 0 radical (unpaired) electrons. The minimum Gasteiger partial charge on any atom is -0.487 e. The van der Waals surface area contributed by atoms with Gasteiger partial charge < -0.3 is 14.8 Å². The Morgan fingerprint density at radius 3 is 3.04 bits per heavy atom. The molecule has 126 valence electrons. The van der Waals surface area contributed by atoms with Gasteiger partial charge in [0.25, 0.3) is 0 Å². The van der Waals surface area contributed by atoms with E-state index >= 15 is 0 Å². The van der Waals surface area contributed by atoms with Gasteiger partial charge in [-0.15, -0.1) is 0 Å². The van der Waals surface area contributed by atoms with Gasteiger partial charge >= 0.3 is 0 Å². The van der Waals surface area contributed by atoms with E-state index < -0.39 is 0 Å². The summed E-state index contributed by atoms with van der Waals surface area (Å²) in [5, 5.41) is 2.91. The number of nitrogens with zero attached hydrogens (tertiary/aromatic N) is 1. The summed E-state index contributed by atoms with van der Waals surface area (Å²) in [6.07, 6.45) is 2.90. The smallest absolute Gasteiger partial charge is 0.222 e. The van der Waals surface area contributed by atoms with Crippen molar-refractivity contribution in [3.8, 4) is 17.0 Å². The maximum atomic E-state index is 11.7. The van der Waals surface area contributed by atoms with Crippen molar-refractivity contribution in [1.82, 2.24) is 10.3 Å². The largest absolute Gasteiger partial charge is 0.487 e. The minimum absolute atomic E-state index is 0.0162. The minimum atomic E-state index is -0.0456. The number of carbonyl (C=O) groups is 1. The standard InChI is InChI=1S/C19H22N2O3/c1-13-9-14-11-15(12-21-18(22)6-8-23-2)24-19(14)16(10-13)17-5-3-4-7-20-17/h3-5,7,9-10,15H,6,8,11-12H2,1-2H3,(H,21,22)/t15-/m0/s1. The van der Waals surface area contributed by atoms with Crippen molar-refractivity contribution in [1.29, 1.82) is 0 Å². The van der Waals surface area contributed by atoms with Gasteiger partial charge in [0.15, 0.2) is 0 Å². The number of aryl methyl sites for hydroxylation is 1. The van der Waals surface area contributed by atoms with E-state index in [-0.39, 0.29) is 12.0 Å². The first-order valence-electron chi connectivity index (χ1n) is 8.14. The maximum absolute atomic E-state index is 11.7. The Balaban J connectivity index is 1.72. The Labute approximate surface area is 142 Å². The lowest BCUT2D eigenvalue weighted by atomic mass is 10.0. The Morgan fingerprint density at radius 1 is 1.42 bits per heavy atom. The molecule has 1 aliphatic heterocycles. The van der Waals surface area contributed by atoms with Crippen LogP contribution in [0.15, 0.2) is 36.5 Å². The second-order valence-electron chi connectivity index (χ2n) is 6.01. The van der Waals surface area contributed by atoms with Crippen LogP contribution >= 0.6 is 0 Å². The molecule has 5 heteroatoms. The molecule has 1 N–H and O–H groups in total. The normalized spacial score (nSPS) is 15.7. The molecule has 0 aliphatic carbocycles. The Morgan fingerprint density at radius 2 is 2.29 bits per heavy atom. The SMILES string of the molecule is COCCC(=O)NC[C@@H]1Cc2cc(C)cc(-c3ccccn3)c2O1. The van der Waals surface area contributed by atoms with Crippen LogP contribution in [0.4, 0.5) is 0 Å². The third-order valence-corrected chi connectivity index (χ3v) is 4.04. The number of hydrogen-bond acceptors (Lipinski definition) is 4. The molecule has 0 bridgehead atoms. The molecule has 2 aromatic rings. The summed E-state index contributed by atoms with van der Waals surface area (Å²) in [5.41, 5.74) is 4.27. The van der Waals surface area contributed by atoms with Crippen LogP contribution in [0.5, 0.6) is 5.75 Å². The van der Waals surface area contributed by atoms with Crippen LogP contribution in [0.3, 0.4) is 0 Å². The highest BCUT2D eigenvalue weighted by Crippen LogP contribution is 2.38. The molecule has 0 spiro atoms. The van der Waals surface area contributed by atoms with Gasteiger partial charge in [-0.05, 0) is 36.2 Å². The highest BCUT2D eigenvalue weighted by molar-refractivity contribution is 5.76. The first-order valence-corrected chi connectivity index (χ1v) is 8.14. The highest BCUT2D eigenvalue weighted by Gasteiger charge is 2.27. The molecule has 1 amide bonds. The van der Waals surface area contributed by atoms with Crippen LogP contribution in [-0.2, 0) is 16.0 Å². The highest BCUT2D eigenvalue weighted by atomic mass is 16.5. The summed E-state index contributed by atoms with van der Waals surface area (Å²) in [6, 6.07) is 10.1. The number of hydrogen-bond donors (Lipinski definition) is 1. The molecule has 1 atom stereocenters. The van der Waals surface area contributed by atoms with Crippen molar-refractivity contribution in [2.24, 2.45) is 0 Å². The van der Waals surface area contributed by atoms with E-state index in [1.54, 1.807) is 13.3 Å². The number of methoxy groups -OCH3 is 1. The quantitative estimate of drug-likeness (QED) is 0.886. The molecule has 0 saturated carbocycles. The molecule has 2 heterocycles. The molecule has 0 unspecified atom stereocenters. The number of amides is 1. The van der Waals surface area contributed by atoms with Crippen molar-refractivity contribution in [3.63, 3.8) is 0 Å². The fourth-order valence-electron chi connectivity index (χ4n) is 2.93. The summed E-state index contributed by atoms with van der Waals surface area (Å²) in [5.74, 6) is 0.868. The average molecular weight is 326 g/mol. The Kier molecular flexibility index (Phi) is 5.11. The number of benzene rings is 1. The summed E-state index contributed by atoms with van der Waals surface area (Å²) >= 11 is 0. The molecule has 0 fully saturated rings. The van der Waals surface area contributed by atoms with E-state index in [0.29, 0.717) is 19.6 Å². The fourth-order valence-corrected chi connectivity index (χ4v) is 2.93. The number of nitrogens with one attached hydrogen (secondary N) is 1. The van der Waals surface area contributed by atoms with Gasteiger partial charge in [-0.3, -0.25) is 9.78 Å². The number of rotatable bonds is 6. The number of carbonyl (C=O) groups excluding carboxylic acids is 1. The molecule has 5 nitrogen and oxygen atoms in total. The van der Waals surface area contributed by atoms with E-state index in [0.717, 1.165) is 23.4 Å². The zero-order chi connectivity index (χ0) is 16.9. The van der Waals surface area contributed by atoms with E-state index in [9.17, 15) is 4.79 Å². The van der Waals surface area contributed by atoms with E-state index in [1.165, 1.54) is 11.1 Å². The molecule has 1 aliphatic rings.